The zero-order valence-corrected chi connectivity index (χ0v) is 10.9. The molecule has 1 fully saturated rings. The number of carbonyl (C=O) groups is 2. The molecule has 0 aromatic rings. The maximum atomic E-state index is 12.4. The average Bonchev–Trinajstić information content (AvgIpc) is 3.06. The number of amides is 1. The second-order valence-corrected chi connectivity index (χ2v) is 5.42. The summed E-state index contributed by atoms with van der Waals surface area (Å²) in [5.41, 5.74) is -0.203. The lowest BCUT2D eigenvalue weighted by atomic mass is 9.72. The minimum absolute atomic E-state index is 0.00657. The van der Waals surface area contributed by atoms with E-state index >= 15 is 0 Å². The van der Waals surface area contributed by atoms with Crippen LogP contribution in [0.3, 0.4) is 0 Å². The lowest BCUT2D eigenvalue weighted by Crippen LogP contribution is -2.36. The van der Waals surface area contributed by atoms with Gasteiger partial charge >= 0.3 is 0 Å². The molecule has 1 saturated carbocycles. The Bertz CT molecular complexity index is 555. The zero-order chi connectivity index (χ0) is 13.5. The van der Waals surface area contributed by atoms with E-state index in [9.17, 15) is 9.59 Å². The average molecular weight is 255 g/mol. The number of aldehydes is 1. The molecule has 19 heavy (non-hydrogen) atoms. The van der Waals surface area contributed by atoms with Gasteiger partial charge in [0.25, 0.3) is 0 Å². The highest BCUT2D eigenvalue weighted by Gasteiger charge is 2.74. The van der Waals surface area contributed by atoms with Crippen LogP contribution >= 0.6 is 0 Å². The Morgan fingerprint density at radius 2 is 2.26 bits per heavy atom. The van der Waals surface area contributed by atoms with E-state index in [1.54, 1.807) is 7.05 Å². The van der Waals surface area contributed by atoms with Crippen molar-refractivity contribution in [2.75, 3.05) is 7.05 Å². The molecule has 1 spiro atoms. The van der Waals surface area contributed by atoms with Gasteiger partial charge in [-0.15, -0.1) is 0 Å². The quantitative estimate of drug-likeness (QED) is 0.605. The predicted molar refractivity (Wildman–Crippen MR) is 73.2 cm³/mol. The molecular formula is C16H17NO2. The van der Waals surface area contributed by atoms with Crippen molar-refractivity contribution in [2.24, 2.45) is 16.7 Å². The molecule has 1 amide bonds. The molecule has 0 heterocycles. The Balaban J connectivity index is 2.15. The Morgan fingerprint density at radius 3 is 3.00 bits per heavy atom. The summed E-state index contributed by atoms with van der Waals surface area (Å²) >= 11 is 0. The maximum Gasteiger partial charge on any atom is 0.230 e. The summed E-state index contributed by atoms with van der Waals surface area (Å²) in [5.74, 6) is 0.132. The van der Waals surface area contributed by atoms with Gasteiger partial charge in [-0.1, -0.05) is 42.5 Å². The van der Waals surface area contributed by atoms with E-state index in [0.717, 1.165) is 18.3 Å². The fourth-order valence-corrected chi connectivity index (χ4v) is 3.69. The molecule has 0 aromatic heterocycles. The molecule has 0 radical (unpaired) electrons. The number of rotatable bonds is 2. The van der Waals surface area contributed by atoms with Crippen LogP contribution in [0.5, 0.6) is 0 Å². The summed E-state index contributed by atoms with van der Waals surface area (Å²) in [5, 5.41) is 2.76. The van der Waals surface area contributed by atoms with Gasteiger partial charge < -0.3 is 5.32 Å². The van der Waals surface area contributed by atoms with Crippen LogP contribution in [0.2, 0.25) is 0 Å². The van der Waals surface area contributed by atoms with E-state index in [1.165, 1.54) is 0 Å². The van der Waals surface area contributed by atoms with Gasteiger partial charge in [0.2, 0.25) is 5.91 Å². The fourth-order valence-electron chi connectivity index (χ4n) is 3.69. The molecule has 3 aliphatic rings. The Kier molecular flexibility index (Phi) is 2.59. The van der Waals surface area contributed by atoms with E-state index in [4.69, 9.17) is 0 Å². The van der Waals surface area contributed by atoms with Gasteiger partial charge in [-0.25, -0.2) is 0 Å². The van der Waals surface area contributed by atoms with Crippen molar-refractivity contribution in [1.29, 1.82) is 0 Å². The van der Waals surface area contributed by atoms with Gasteiger partial charge in [0.05, 0.1) is 5.41 Å². The van der Waals surface area contributed by atoms with Crippen molar-refractivity contribution in [3.8, 4) is 0 Å². The molecule has 3 nitrogen and oxygen atoms in total. The van der Waals surface area contributed by atoms with Crippen LogP contribution < -0.4 is 5.32 Å². The third-order valence-corrected chi connectivity index (χ3v) is 4.68. The van der Waals surface area contributed by atoms with Gasteiger partial charge in [-0.3, -0.25) is 9.59 Å². The first-order valence-corrected chi connectivity index (χ1v) is 6.62. The van der Waals surface area contributed by atoms with E-state index in [1.807, 2.05) is 24.3 Å². The molecule has 0 aliphatic heterocycles. The van der Waals surface area contributed by atoms with Crippen LogP contribution in [-0.4, -0.2) is 19.2 Å². The highest BCUT2D eigenvalue weighted by molar-refractivity contribution is 5.94. The third-order valence-electron chi connectivity index (χ3n) is 4.68. The maximum absolute atomic E-state index is 12.4. The van der Waals surface area contributed by atoms with Crippen LogP contribution in [0.4, 0.5) is 0 Å². The minimum Gasteiger partial charge on any atom is -0.358 e. The number of hydrogen-bond acceptors (Lipinski definition) is 2. The standard InChI is InChI=1S/C16H17NO2/c1-17-14(19)15-9-4-2-3-6-12-7-5-8-13(10-18)16(12,15)11-15/h3-10,12H,2,11H2,1H3,(H,17,19)/b6-3+,9-4-. The summed E-state index contributed by atoms with van der Waals surface area (Å²) in [7, 11) is 1.66. The molecule has 0 aromatic carbocycles. The monoisotopic (exact) mass is 255 g/mol. The van der Waals surface area contributed by atoms with Crippen molar-refractivity contribution in [2.45, 2.75) is 12.8 Å². The van der Waals surface area contributed by atoms with Crippen molar-refractivity contribution < 1.29 is 9.59 Å². The van der Waals surface area contributed by atoms with E-state index < -0.39 is 5.41 Å². The first kappa shape index (κ1) is 12.2. The number of carbonyl (C=O) groups excluding carboxylic acids is 2. The van der Waals surface area contributed by atoms with E-state index in [2.05, 4.69) is 23.5 Å². The van der Waals surface area contributed by atoms with Crippen LogP contribution in [0, 0.1) is 16.7 Å². The van der Waals surface area contributed by atoms with Gasteiger partial charge in [0, 0.05) is 24.0 Å². The number of hydrogen-bond donors (Lipinski definition) is 1. The number of nitrogens with one attached hydrogen (secondary N) is 1. The second-order valence-electron chi connectivity index (χ2n) is 5.42. The molecule has 3 aliphatic carbocycles. The van der Waals surface area contributed by atoms with Crippen LogP contribution in [0.25, 0.3) is 0 Å². The van der Waals surface area contributed by atoms with Gasteiger partial charge in [0.15, 0.2) is 0 Å². The topological polar surface area (TPSA) is 46.2 Å². The first-order valence-electron chi connectivity index (χ1n) is 6.62. The fraction of sp³-hybridized carbons (Fsp3) is 0.375. The summed E-state index contributed by atoms with van der Waals surface area (Å²) < 4.78 is 0. The lowest BCUT2D eigenvalue weighted by molar-refractivity contribution is -0.125. The highest BCUT2D eigenvalue weighted by atomic mass is 16.2. The highest BCUT2D eigenvalue weighted by Crippen LogP contribution is 2.73. The van der Waals surface area contributed by atoms with Crippen LogP contribution in [0.1, 0.15) is 12.8 Å². The van der Waals surface area contributed by atoms with Crippen molar-refractivity contribution in [3.05, 3.63) is 48.1 Å². The van der Waals surface area contributed by atoms with Crippen LogP contribution in [-0.2, 0) is 9.59 Å². The first-order chi connectivity index (χ1) is 9.21. The van der Waals surface area contributed by atoms with Crippen molar-refractivity contribution in [3.63, 3.8) is 0 Å². The smallest absolute Gasteiger partial charge is 0.230 e. The molecule has 3 atom stereocenters. The van der Waals surface area contributed by atoms with Crippen molar-refractivity contribution >= 4 is 12.2 Å². The zero-order valence-electron chi connectivity index (χ0n) is 10.9. The summed E-state index contributed by atoms with van der Waals surface area (Å²) in [4.78, 5) is 23.8. The van der Waals surface area contributed by atoms with Gasteiger partial charge in [-0.2, -0.15) is 0 Å². The SMILES string of the molecule is CNC(=O)C12/C=C\C/C=C/C3C=CC=C(C=O)C31C2. The Labute approximate surface area is 112 Å². The van der Waals surface area contributed by atoms with Gasteiger partial charge in [0.1, 0.15) is 6.29 Å². The molecule has 98 valence electrons. The van der Waals surface area contributed by atoms with Gasteiger partial charge in [-0.05, 0) is 12.8 Å². The van der Waals surface area contributed by atoms with E-state index in [0.29, 0.717) is 6.42 Å². The Hall–Kier alpha value is -1.90. The molecule has 0 saturated heterocycles. The Morgan fingerprint density at radius 1 is 1.42 bits per heavy atom. The molecule has 1 N–H and O–H groups in total. The summed E-state index contributed by atoms with van der Waals surface area (Å²) in [6.07, 6.45) is 16.6. The predicted octanol–water partition coefficient (Wildman–Crippen LogP) is 1.94. The molecular weight excluding hydrogens is 238 g/mol. The molecule has 3 rings (SSSR count). The molecule has 3 heteroatoms. The summed E-state index contributed by atoms with van der Waals surface area (Å²) in [6, 6.07) is 0. The normalized spacial score (nSPS) is 41.7. The number of allylic oxidation sites excluding steroid dienone is 7. The van der Waals surface area contributed by atoms with Crippen LogP contribution in [0.15, 0.2) is 48.1 Å². The minimum atomic E-state index is -0.561. The molecule has 0 bridgehead atoms. The second kappa shape index (κ2) is 4.05. The largest absolute Gasteiger partial charge is 0.358 e. The lowest BCUT2D eigenvalue weighted by Gasteiger charge is -2.30. The molecule has 3 unspecified atom stereocenters. The third kappa shape index (κ3) is 1.38. The van der Waals surface area contributed by atoms with Crippen molar-refractivity contribution in [1.82, 2.24) is 5.32 Å². The van der Waals surface area contributed by atoms with E-state index in [-0.39, 0.29) is 17.2 Å². The summed E-state index contributed by atoms with van der Waals surface area (Å²) in [6.45, 7) is 0.